The van der Waals surface area contributed by atoms with E-state index < -0.39 is 4.92 Å². The smallest absolute Gasteiger partial charge is 0.311 e. The van der Waals surface area contributed by atoms with E-state index in [0.717, 1.165) is 24.0 Å². The minimum atomic E-state index is -0.397. The van der Waals surface area contributed by atoms with Gasteiger partial charge in [0.25, 0.3) is 0 Å². The maximum Gasteiger partial charge on any atom is 0.311 e. The van der Waals surface area contributed by atoms with Gasteiger partial charge in [-0.25, -0.2) is 0 Å². The van der Waals surface area contributed by atoms with Crippen molar-refractivity contribution in [1.82, 2.24) is 0 Å². The normalized spacial score (nSPS) is 23.0. The minimum Gasteiger partial charge on any atom is -0.483 e. The summed E-state index contributed by atoms with van der Waals surface area (Å²) in [5.74, 6) is 0.383. The topological polar surface area (TPSA) is 52.4 Å². The number of rotatable bonds is 3. The van der Waals surface area contributed by atoms with Crippen LogP contribution < -0.4 is 4.74 Å². The molecule has 1 aliphatic carbocycles. The van der Waals surface area contributed by atoms with Crippen LogP contribution in [0.25, 0.3) is 0 Å². The van der Waals surface area contributed by atoms with Crippen molar-refractivity contribution in [3.8, 4) is 5.75 Å². The van der Waals surface area contributed by atoms with Crippen molar-refractivity contribution in [2.24, 2.45) is 0 Å². The van der Waals surface area contributed by atoms with Gasteiger partial charge >= 0.3 is 5.69 Å². The number of hydrogen-bond acceptors (Lipinski definition) is 3. The molecule has 0 aliphatic heterocycles. The fourth-order valence-corrected chi connectivity index (χ4v) is 2.38. The third-order valence-electron chi connectivity index (χ3n) is 2.92. The summed E-state index contributed by atoms with van der Waals surface area (Å²) in [4.78, 5) is 10.6. The highest BCUT2D eigenvalue weighted by Crippen LogP contribution is 2.37. The van der Waals surface area contributed by atoms with Crippen molar-refractivity contribution in [3.63, 3.8) is 0 Å². The zero-order chi connectivity index (χ0) is 12.6. The Morgan fingerprint density at radius 3 is 2.59 bits per heavy atom. The molecule has 0 spiro atoms. The van der Waals surface area contributed by atoms with Crippen molar-refractivity contribution >= 4 is 17.3 Å². The van der Waals surface area contributed by atoms with Crippen LogP contribution in [0.15, 0.2) is 12.1 Å². The fourth-order valence-electron chi connectivity index (χ4n) is 1.99. The highest BCUT2D eigenvalue weighted by molar-refractivity contribution is 6.21. The van der Waals surface area contributed by atoms with E-state index in [4.69, 9.17) is 16.3 Å². The van der Waals surface area contributed by atoms with Crippen LogP contribution >= 0.6 is 11.6 Å². The molecule has 0 aromatic heterocycles. The van der Waals surface area contributed by atoms with Crippen LogP contribution in [0.1, 0.15) is 24.0 Å². The molecule has 1 aromatic rings. The summed E-state index contributed by atoms with van der Waals surface area (Å²) in [6.07, 6.45) is 1.52. The maximum atomic E-state index is 11.0. The van der Waals surface area contributed by atoms with Gasteiger partial charge < -0.3 is 4.74 Å². The number of hydrogen-bond donors (Lipinski definition) is 0. The Kier molecular flexibility index (Phi) is 3.24. The van der Waals surface area contributed by atoms with Crippen molar-refractivity contribution in [3.05, 3.63) is 33.4 Å². The van der Waals surface area contributed by atoms with Crippen LogP contribution in [-0.4, -0.2) is 16.4 Å². The fraction of sp³-hybridized carbons (Fsp3) is 0.500. The molecule has 0 amide bonds. The van der Waals surface area contributed by atoms with Gasteiger partial charge in [-0.05, 0) is 25.0 Å². The summed E-state index contributed by atoms with van der Waals surface area (Å²) in [6, 6.07) is 3.43. The largest absolute Gasteiger partial charge is 0.483 e. The molecule has 0 atom stereocenters. The zero-order valence-electron chi connectivity index (χ0n) is 9.77. The van der Waals surface area contributed by atoms with Gasteiger partial charge in [0.05, 0.1) is 4.92 Å². The Morgan fingerprint density at radius 1 is 1.41 bits per heavy atom. The number of nitro groups is 1. The second-order valence-electron chi connectivity index (χ2n) is 4.50. The summed E-state index contributed by atoms with van der Waals surface area (Å²) in [6.45, 7) is 3.66. The lowest BCUT2D eigenvalue weighted by Crippen LogP contribution is -2.34. The number of ether oxygens (including phenoxy) is 1. The molecule has 0 heterocycles. The summed E-state index contributed by atoms with van der Waals surface area (Å²) >= 11 is 5.86. The molecule has 4 nitrogen and oxygen atoms in total. The number of alkyl halides is 1. The number of halogens is 1. The zero-order valence-corrected chi connectivity index (χ0v) is 10.5. The van der Waals surface area contributed by atoms with Crippen LogP contribution in [-0.2, 0) is 0 Å². The van der Waals surface area contributed by atoms with Crippen molar-refractivity contribution in [1.29, 1.82) is 0 Å². The molecule has 0 unspecified atom stereocenters. The van der Waals surface area contributed by atoms with Crippen LogP contribution in [0.4, 0.5) is 5.69 Å². The molecule has 1 saturated carbocycles. The lowest BCUT2D eigenvalue weighted by Gasteiger charge is -2.31. The Morgan fingerprint density at radius 2 is 2.06 bits per heavy atom. The molecule has 0 radical (unpaired) electrons. The van der Waals surface area contributed by atoms with Crippen LogP contribution in [0.3, 0.4) is 0 Å². The Hall–Kier alpha value is -1.29. The van der Waals surface area contributed by atoms with Gasteiger partial charge in [-0.3, -0.25) is 10.1 Å². The van der Waals surface area contributed by atoms with E-state index >= 15 is 0 Å². The first-order valence-electron chi connectivity index (χ1n) is 5.53. The van der Waals surface area contributed by atoms with E-state index in [2.05, 4.69) is 0 Å². The van der Waals surface area contributed by atoms with E-state index in [1.807, 2.05) is 19.9 Å². The molecule has 2 rings (SSSR count). The molecule has 0 bridgehead atoms. The SMILES string of the molecule is Cc1cc(C)c(OC2CC(Cl)C2)c([N+](=O)[O-])c1. The van der Waals surface area contributed by atoms with E-state index in [-0.39, 0.29) is 17.2 Å². The Bertz CT molecular complexity index is 455. The molecule has 1 aromatic carbocycles. The standard InChI is InChI=1S/C12H14ClNO3/c1-7-3-8(2)12(11(4-7)14(15)16)17-10-5-9(13)6-10/h3-4,9-10H,5-6H2,1-2H3. The molecule has 1 fully saturated rings. The Labute approximate surface area is 105 Å². The number of nitrogens with zero attached hydrogens (tertiary/aromatic N) is 1. The lowest BCUT2D eigenvalue weighted by atomic mass is 9.95. The van der Waals surface area contributed by atoms with E-state index in [0.29, 0.717) is 5.75 Å². The summed E-state index contributed by atoms with van der Waals surface area (Å²) in [5.41, 5.74) is 1.71. The summed E-state index contributed by atoms with van der Waals surface area (Å²) in [5, 5.41) is 11.1. The second-order valence-corrected chi connectivity index (χ2v) is 5.11. The first-order valence-corrected chi connectivity index (χ1v) is 5.97. The summed E-state index contributed by atoms with van der Waals surface area (Å²) in [7, 11) is 0. The molecule has 17 heavy (non-hydrogen) atoms. The number of nitro benzene ring substituents is 1. The van der Waals surface area contributed by atoms with Crippen LogP contribution in [0.2, 0.25) is 0 Å². The van der Waals surface area contributed by atoms with Gasteiger partial charge in [0, 0.05) is 24.3 Å². The average Bonchev–Trinajstić information content (AvgIpc) is 2.18. The van der Waals surface area contributed by atoms with Gasteiger partial charge in [-0.1, -0.05) is 6.07 Å². The predicted molar refractivity (Wildman–Crippen MR) is 65.9 cm³/mol. The molecule has 92 valence electrons. The van der Waals surface area contributed by atoms with Gasteiger partial charge in [0.1, 0.15) is 6.10 Å². The van der Waals surface area contributed by atoms with Crippen molar-refractivity contribution < 1.29 is 9.66 Å². The van der Waals surface area contributed by atoms with Crippen molar-refractivity contribution in [2.75, 3.05) is 0 Å². The highest BCUT2D eigenvalue weighted by Gasteiger charge is 2.31. The van der Waals surface area contributed by atoms with Crippen LogP contribution in [0.5, 0.6) is 5.75 Å². The molecular formula is C12H14ClNO3. The van der Waals surface area contributed by atoms with E-state index in [1.165, 1.54) is 0 Å². The quantitative estimate of drug-likeness (QED) is 0.473. The number of benzene rings is 1. The van der Waals surface area contributed by atoms with E-state index in [1.54, 1.807) is 6.07 Å². The average molecular weight is 256 g/mol. The third kappa shape index (κ3) is 2.52. The maximum absolute atomic E-state index is 11.0. The van der Waals surface area contributed by atoms with Crippen molar-refractivity contribution in [2.45, 2.75) is 38.2 Å². The number of aryl methyl sites for hydroxylation is 2. The first-order chi connectivity index (χ1) is 7.97. The Balaban J connectivity index is 2.28. The third-order valence-corrected chi connectivity index (χ3v) is 3.27. The monoisotopic (exact) mass is 255 g/mol. The first kappa shape index (κ1) is 12.2. The van der Waals surface area contributed by atoms with Gasteiger partial charge in [0.15, 0.2) is 5.75 Å². The van der Waals surface area contributed by atoms with Gasteiger partial charge in [-0.15, -0.1) is 11.6 Å². The van der Waals surface area contributed by atoms with Crippen LogP contribution in [0, 0.1) is 24.0 Å². The molecular weight excluding hydrogens is 242 g/mol. The molecule has 0 N–H and O–H groups in total. The van der Waals surface area contributed by atoms with E-state index in [9.17, 15) is 10.1 Å². The molecule has 5 heteroatoms. The highest BCUT2D eigenvalue weighted by atomic mass is 35.5. The lowest BCUT2D eigenvalue weighted by molar-refractivity contribution is -0.386. The van der Waals surface area contributed by atoms with Gasteiger partial charge in [0.2, 0.25) is 0 Å². The summed E-state index contributed by atoms with van der Waals surface area (Å²) < 4.78 is 5.67. The minimum absolute atomic E-state index is 0.0117. The molecule has 0 saturated heterocycles. The predicted octanol–water partition coefficient (Wildman–Crippen LogP) is 3.36. The second kappa shape index (κ2) is 4.53. The molecule has 1 aliphatic rings. The van der Waals surface area contributed by atoms with Gasteiger partial charge in [-0.2, -0.15) is 0 Å².